The van der Waals surface area contributed by atoms with Gasteiger partial charge in [0.25, 0.3) is 11.8 Å². The standard InChI is InChI=1S/C17H19N5O4/c1-3-4-9-21-14(18-19-20-21)10-26-17(25)11(2)22-15(23)12-7-5-6-8-13(12)16(22)24/h5-8,11H,3-4,9-10H2,1-2H3. The molecule has 9 nitrogen and oxygen atoms in total. The van der Waals surface area contributed by atoms with Crippen LogP contribution in [0, 0.1) is 0 Å². The van der Waals surface area contributed by atoms with E-state index in [4.69, 9.17) is 4.74 Å². The topological polar surface area (TPSA) is 107 Å². The fourth-order valence-corrected chi connectivity index (χ4v) is 2.73. The number of carbonyl (C=O) groups is 3. The van der Waals surface area contributed by atoms with Crippen LogP contribution >= 0.6 is 0 Å². The van der Waals surface area contributed by atoms with Crippen molar-refractivity contribution in [1.82, 2.24) is 25.1 Å². The number of unbranched alkanes of at least 4 members (excludes halogenated alkanes) is 1. The third-order valence-corrected chi connectivity index (χ3v) is 4.23. The number of carbonyl (C=O) groups excluding carboxylic acids is 3. The minimum absolute atomic E-state index is 0.122. The van der Waals surface area contributed by atoms with E-state index in [1.54, 1.807) is 28.9 Å². The maximum Gasteiger partial charge on any atom is 0.329 e. The molecule has 1 atom stereocenters. The minimum Gasteiger partial charge on any atom is -0.456 e. The van der Waals surface area contributed by atoms with Gasteiger partial charge in [0.15, 0.2) is 12.4 Å². The number of aromatic nitrogens is 4. The van der Waals surface area contributed by atoms with Gasteiger partial charge in [-0.15, -0.1) is 5.10 Å². The van der Waals surface area contributed by atoms with Gasteiger partial charge in [0.05, 0.1) is 11.1 Å². The zero-order valence-corrected chi connectivity index (χ0v) is 14.6. The highest BCUT2D eigenvalue weighted by atomic mass is 16.5. The van der Waals surface area contributed by atoms with Crippen LogP contribution < -0.4 is 0 Å². The van der Waals surface area contributed by atoms with Crippen LogP contribution in [-0.4, -0.2) is 48.9 Å². The van der Waals surface area contributed by atoms with Crippen molar-refractivity contribution in [2.75, 3.05) is 0 Å². The first-order valence-electron chi connectivity index (χ1n) is 8.43. The Hall–Kier alpha value is -3.10. The third-order valence-electron chi connectivity index (χ3n) is 4.23. The molecule has 0 N–H and O–H groups in total. The summed E-state index contributed by atoms with van der Waals surface area (Å²) in [6.45, 7) is 4.02. The number of rotatable bonds is 7. The summed E-state index contributed by atoms with van der Waals surface area (Å²) in [5, 5.41) is 11.3. The number of esters is 1. The molecule has 0 bridgehead atoms. The van der Waals surface area contributed by atoms with Gasteiger partial charge in [-0.25, -0.2) is 9.48 Å². The van der Waals surface area contributed by atoms with Crippen molar-refractivity contribution in [2.45, 2.75) is 45.9 Å². The van der Waals surface area contributed by atoms with Gasteiger partial charge in [-0.2, -0.15) is 0 Å². The highest BCUT2D eigenvalue weighted by Crippen LogP contribution is 2.24. The molecule has 1 aliphatic heterocycles. The number of benzene rings is 1. The largest absolute Gasteiger partial charge is 0.456 e. The van der Waals surface area contributed by atoms with E-state index in [0.717, 1.165) is 17.7 Å². The molecule has 3 rings (SSSR count). The van der Waals surface area contributed by atoms with Crippen LogP contribution in [0.3, 0.4) is 0 Å². The summed E-state index contributed by atoms with van der Waals surface area (Å²) in [6, 6.07) is 5.44. The molecule has 9 heteroatoms. The lowest BCUT2D eigenvalue weighted by Gasteiger charge is -2.20. The maximum atomic E-state index is 12.4. The highest BCUT2D eigenvalue weighted by molar-refractivity contribution is 6.22. The molecule has 2 aromatic rings. The summed E-state index contributed by atoms with van der Waals surface area (Å²) in [5.41, 5.74) is 0.585. The average Bonchev–Trinajstić information content (AvgIpc) is 3.20. The SMILES string of the molecule is CCCCn1nnnc1COC(=O)C(C)N1C(=O)c2ccccc2C1=O. The summed E-state index contributed by atoms with van der Waals surface area (Å²) >= 11 is 0. The first-order valence-corrected chi connectivity index (χ1v) is 8.43. The van der Waals surface area contributed by atoms with Crippen molar-refractivity contribution in [3.8, 4) is 0 Å². The fraction of sp³-hybridized carbons (Fsp3) is 0.412. The molecule has 0 spiro atoms. The van der Waals surface area contributed by atoms with E-state index in [1.165, 1.54) is 6.92 Å². The van der Waals surface area contributed by atoms with Crippen molar-refractivity contribution >= 4 is 17.8 Å². The number of tetrazole rings is 1. The van der Waals surface area contributed by atoms with Gasteiger partial charge in [0.2, 0.25) is 0 Å². The first-order chi connectivity index (χ1) is 12.5. The molecule has 0 saturated heterocycles. The Bertz CT molecular complexity index is 812. The predicted molar refractivity (Wildman–Crippen MR) is 88.9 cm³/mol. The Morgan fingerprint density at radius 2 is 1.85 bits per heavy atom. The zero-order valence-electron chi connectivity index (χ0n) is 14.6. The molecule has 0 saturated carbocycles. The first kappa shape index (κ1) is 17.7. The van der Waals surface area contributed by atoms with Gasteiger partial charge in [0.1, 0.15) is 6.04 Å². The van der Waals surface area contributed by atoms with Crippen molar-refractivity contribution < 1.29 is 19.1 Å². The maximum absolute atomic E-state index is 12.4. The number of amides is 2. The molecule has 26 heavy (non-hydrogen) atoms. The number of hydrogen-bond donors (Lipinski definition) is 0. The third kappa shape index (κ3) is 3.19. The van der Waals surface area contributed by atoms with Crippen LogP contribution in [0.5, 0.6) is 0 Å². The van der Waals surface area contributed by atoms with Gasteiger partial charge in [-0.3, -0.25) is 14.5 Å². The Kier molecular flexibility index (Phi) is 5.06. The van der Waals surface area contributed by atoms with Crippen molar-refractivity contribution in [1.29, 1.82) is 0 Å². The van der Waals surface area contributed by atoms with E-state index < -0.39 is 23.8 Å². The molecule has 0 radical (unpaired) electrons. The lowest BCUT2D eigenvalue weighted by Crippen LogP contribution is -2.43. The molecule has 1 aromatic heterocycles. The Morgan fingerprint density at radius 1 is 1.19 bits per heavy atom. The Morgan fingerprint density at radius 3 is 2.46 bits per heavy atom. The van der Waals surface area contributed by atoms with Crippen LogP contribution in [0.1, 0.15) is 53.2 Å². The molecule has 2 heterocycles. The predicted octanol–water partition coefficient (Wildman–Crippen LogP) is 1.20. The Labute approximate surface area is 149 Å². The van der Waals surface area contributed by atoms with Gasteiger partial charge in [-0.05, 0) is 35.9 Å². The number of nitrogens with zero attached hydrogens (tertiary/aromatic N) is 5. The smallest absolute Gasteiger partial charge is 0.329 e. The number of ether oxygens (including phenoxy) is 1. The molecular weight excluding hydrogens is 338 g/mol. The molecule has 2 amide bonds. The fourth-order valence-electron chi connectivity index (χ4n) is 2.73. The molecule has 0 aliphatic carbocycles. The van der Waals surface area contributed by atoms with Gasteiger partial charge >= 0.3 is 5.97 Å². The lowest BCUT2D eigenvalue weighted by molar-refractivity contribution is -0.149. The second kappa shape index (κ2) is 7.42. The molecule has 1 aromatic carbocycles. The quantitative estimate of drug-likeness (QED) is 0.541. The minimum atomic E-state index is -1.04. The van der Waals surface area contributed by atoms with Gasteiger partial charge < -0.3 is 4.74 Å². The number of fused-ring (bicyclic) bond motifs is 1. The van der Waals surface area contributed by atoms with E-state index in [0.29, 0.717) is 23.5 Å². The van der Waals surface area contributed by atoms with E-state index >= 15 is 0 Å². The van der Waals surface area contributed by atoms with Crippen molar-refractivity contribution in [3.05, 3.63) is 41.2 Å². The normalized spacial score (nSPS) is 14.5. The van der Waals surface area contributed by atoms with Gasteiger partial charge in [-0.1, -0.05) is 25.5 Å². The summed E-state index contributed by atoms with van der Waals surface area (Å²) in [5.74, 6) is -1.27. The second-order valence-corrected chi connectivity index (χ2v) is 5.98. The summed E-state index contributed by atoms with van der Waals surface area (Å²) < 4.78 is 6.80. The summed E-state index contributed by atoms with van der Waals surface area (Å²) in [6.07, 6.45) is 1.88. The van der Waals surface area contributed by atoms with E-state index in [2.05, 4.69) is 15.5 Å². The van der Waals surface area contributed by atoms with Crippen LogP contribution in [0.25, 0.3) is 0 Å². The molecule has 0 fully saturated rings. The van der Waals surface area contributed by atoms with Crippen molar-refractivity contribution in [3.63, 3.8) is 0 Å². The average molecular weight is 357 g/mol. The van der Waals surface area contributed by atoms with Gasteiger partial charge in [0, 0.05) is 6.54 Å². The summed E-state index contributed by atoms with van der Waals surface area (Å²) in [7, 11) is 0. The molecule has 1 unspecified atom stereocenters. The van der Waals surface area contributed by atoms with Crippen LogP contribution in [0.15, 0.2) is 24.3 Å². The molecular formula is C17H19N5O4. The van der Waals surface area contributed by atoms with E-state index in [-0.39, 0.29) is 6.61 Å². The highest BCUT2D eigenvalue weighted by Gasteiger charge is 2.41. The van der Waals surface area contributed by atoms with Crippen molar-refractivity contribution in [2.24, 2.45) is 0 Å². The lowest BCUT2D eigenvalue weighted by atomic mass is 10.1. The Balaban J connectivity index is 1.65. The summed E-state index contributed by atoms with van der Waals surface area (Å²) in [4.78, 5) is 38.1. The monoisotopic (exact) mass is 357 g/mol. The van der Waals surface area contributed by atoms with E-state index in [1.807, 2.05) is 6.92 Å². The van der Waals surface area contributed by atoms with E-state index in [9.17, 15) is 14.4 Å². The second-order valence-electron chi connectivity index (χ2n) is 5.98. The number of hydrogen-bond acceptors (Lipinski definition) is 7. The molecule has 136 valence electrons. The van der Waals surface area contributed by atoms with Crippen LogP contribution in [-0.2, 0) is 22.7 Å². The zero-order chi connectivity index (χ0) is 18.7. The van der Waals surface area contributed by atoms with Crippen LogP contribution in [0.2, 0.25) is 0 Å². The van der Waals surface area contributed by atoms with Crippen LogP contribution in [0.4, 0.5) is 0 Å². The number of aryl methyl sites for hydroxylation is 1. The number of imide groups is 1. The molecule has 1 aliphatic rings.